The van der Waals surface area contributed by atoms with Crippen molar-refractivity contribution in [3.63, 3.8) is 0 Å². The Kier molecular flexibility index (Phi) is 4.85. The van der Waals surface area contributed by atoms with Gasteiger partial charge in [-0.05, 0) is 46.1 Å². The van der Waals surface area contributed by atoms with Crippen LogP contribution in [0.4, 0.5) is 0 Å². The molecule has 0 amide bonds. The van der Waals surface area contributed by atoms with Gasteiger partial charge in [-0.25, -0.2) is 0 Å². The van der Waals surface area contributed by atoms with E-state index in [-0.39, 0.29) is 6.23 Å². The predicted molar refractivity (Wildman–Crippen MR) is 59.1 cm³/mol. The van der Waals surface area contributed by atoms with Crippen molar-refractivity contribution in [2.45, 2.75) is 32.9 Å². The zero-order valence-corrected chi connectivity index (χ0v) is 9.74. The summed E-state index contributed by atoms with van der Waals surface area (Å²) in [5.74, 6) is 0.478. The van der Waals surface area contributed by atoms with Gasteiger partial charge in [-0.3, -0.25) is 4.90 Å². The zero-order valence-electron chi connectivity index (χ0n) is 9.74. The molecular weight excluding hydrogens is 176 g/mol. The van der Waals surface area contributed by atoms with E-state index in [4.69, 9.17) is 0 Å². The van der Waals surface area contributed by atoms with Crippen LogP contribution in [0.5, 0.6) is 0 Å². The van der Waals surface area contributed by atoms with Crippen molar-refractivity contribution < 1.29 is 5.11 Å². The maximum Gasteiger partial charge on any atom is 0.110 e. The maximum atomic E-state index is 10.1. The molecule has 1 heterocycles. The largest absolute Gasteiger partial charge is 0.378 e. The van der Waals surface area contributed by atoms with Gasteiger partial charge in [-0.1, -0.05) is 13.8 Å². The first kappa shape index (κ1) is 12.0. The fourth-order valence-corrected chi connectivity index (χ4v) is 2.22. The van der Waals surface area contributed by atoms with Gasteiger partial charge in [0, 0.05) is 5.92 Å². The van der Waals surface area contributed by atoms with Crippen molar-refractivity contribution >= 4 is 0 Å². The summed E-state index contributed by atoms with van der Waals surface area (Å²) in [5, 5.41) is 10.1. The standard InChI is InChI=1S/C11H24N2O/c1-4-13(5-2)11(14)10-6-8-12(3)9-7-10/h10-11,14H,4-9H2,1-3H3. The molecule has 1 aliphatic rings. The fraction of sp³-hybridized carbons (Fsp3) is 1.00. The van der Waals surface area contributed by atoms with Crippen molar-refractivity contribution in [2.75, 3.05) is 33.2 Å². The van der Waals surface area contributed by atoms with E-state index in [2.05, 4.69) is 30.7 Å². The Balaban J connectivity index is 2.39. The van der Waals surface area contributed by atoms with Crippen LogP contribution in [0, 0.1) is 5.92 Å². The summed E-state index contributed by atoms with van der Waals surface area (Å²) in [4.78, 5) is 4.49. The Hall–Kier alpha value is -0.120. The zero-order chi connectivity index (χ0) is 10.6. The Morgan fingerprint density at radius 1 is 1.29 bits per heavy atom. The van der Waals surface area contributed by atoms with Crippen LogP contribution in [-0.2, 0) is 0 Å². The van der Waals surface area contributed by atoms with E-state index in [1.54, 1.807) is 0 Å². The second-order valence-corrected chi connectivity index (χ2v) is 4.28. The van der Waals surface area contributed by atoms with E-state index in [0.717, 1.165) is 39.0 Å². The van der Waals surface area contributed by atoms with Gasteiger partial charge in [0.25, 0.3) is 0 Å². The summed E-state index contributed by atoms with van der Waals surface area (Å²) in [6, 6.07) is 0. The lowest BCUT2D eigenvalue weighted by atomic mass is 9.94. The molecule has 3 heteroatoms. The van der Waals surface area contributed by atoms with Crippen LogP contribution in [0.3, 0.4) is 0 Å². The molecule has 84 valence electrons. The lowest BCUT2D eigenvalue weighted by Gasteiger charge is -2.36. The first-order valence-corrected chi connectivity index (χ1v) is 5.79. The molecule has 0 aromatic heterocycles. The monoisotopic (exact) mass is 200 g/mol. The number of likely N-dealkylation sites (tertiary alicyclic amines) is 1. The molecule has 14 heavy (non-hydrogen) atoms. The third-order valence-electron chi connectivity index (χ3n) is 3.37. The van der Waals surface area contributed by atoms with E-state index < -0.39 is 0 Å². The summed E-state index contributed by atoms with van der Waals surface area (Å²) in [6.45, 7) is 8.38. The van der Waals surface area contributed by atoms with Gasteiger partial charge in [0.1, 0.15) is 6.23 Å². The summed E-state index contributed by atoms with van der Waals surface area (Å²) >= 11 is 0. The summed E-state index contributed by atoms with van der Waals surface area (Å²) < 4.78 is 0. The normalized spacial score (nSPS) is 22.9. The number of aliphatic hydroxyl groups excluding tert-OH is 1. The van der Waals surface area contributed by atoms with Crippen LogP contribution < -0.4 is 0 Å². The van der Waals surface area contributed by atoms with Gasteiger partial charge < -0.3 is 10.0 Å². The number of nitrogens with zero attached hydrogens (tertiary/aromatic N) is 2. The van der Waals surface area contributed by atoms with E-state index in [9.17, 15) is 5.11 Å². The first-order chi connectivity index (χ1) is 6.69. The van der Waals surface area contributed by atoms with Gasteiger partial charge >= 0.3 is 0 Å². The second-order valence-electron chi connectivity index (χ2n) is 4.28. The highest BCUT2D eigenvalue weighted by Crippen LogP contribution is 2.21. The van der Waals surface area contributed by atoms with Gasteiger partial charge in [0.05, 0.1) is 0 Å². The van der Waals surface area contributed by atoms with Crippen molar-refractivity contribution in [3.8, 4) is 0 Å². The molecule has 3 nitrogen and oxygen atoms in total. The minimum atomic E-state index is -0.223. The lowest BCUT2D eigenvalue weighted by molar-refractivity contribution is -0.0511. The number of piperidine rings is 1. The van der Waals surface area contributed by atoms with Crippen molar-refractivity contribution in [2.24, 2.45) is 5.92 Å². The van der Waals surface area contributed by atoms with Crippen molar-refractivity contribution in [1.29, 1.82) is 0 Å². The van der Waals surface area contributed by atoms with E-state index in [1.807, 2.05) is 0 Å². The highest BCUT2D eigenvalue weighted by molar-refractivity contribution is 4.76. The van der Waals surface area contributed by atoms with Crippen LogP contribution in [-0.4, -0.2) is 54.4 Å². The maximum absolute atomic E-state index is 10.1. The number of hydrogen-bond donors (Lipinski definition) is 1. The van der Waals surface area contributed by atoms with E-state index >= 15 is 0 Å². The van der Waals surface area contributed by atoms with E-state index in [1.165, 1.54) is 0 Å². The molecule has 1 aliphatic heterocycles. The summed E-state index contributed by atoms with van der Waals surface area (Å²) in [5.41, 5.74) is 0. The van der Waals surface area contributed by atoms with Crippen LogP contribution in [0.15, 0.2) is 0 Å². The average Bonchev–Trinajstić information content (AvgIpc) is 2.20. The lowest BCUT2D eigenvalue weighted by Crippen LogP contribution is -2.44. The van der Waals surface area contributed by atoms with Gasteiger partial charge in [0.15, 0.2) is 0 Å². The van der Waals surface area contributed by atoms with Gasteiger partial charge in [-0.2, -0.15) is 0 Å². The van der Waals surface area contributed by atoms with Crippen LogP contribution >= 0.6 is 0 Å². The fourth-order valence-electron chi connectivity index (χ4n) is 2.22. The predicted octanol–water partition coefficient (Wildman–Crippen LogP) is 0.988. The summed E-state index contributed by atoms with van der Waals surface area (Å²) in [7, 11) is 2.15. The van der Waals surface area contributed by atoms with Gasteiger partial charge in [0.2, 0.25) is 0 Å². The molecule has 1 N–H and O–H groups in total. The Labute approximate surface area is 87.7 Å². The molecule has 1 unspecified atom stereocenters. The Bertz CT molecular complexity index is 151. The van der Waals surface area contributed by atoms with Crippen molar-refractivity contribution in [1.82, 2.24) is 9.80 Å². The quantitative estimate of drug-likeness (QED) is 0.686. The smallest absolute Gasteiger partial charge is 0.110 e. The number of hydrogen-bond acceptors (Lipinski definition) is 3. The SMILES string of the molecule is CCN(CC)C(O)C1CCN(C)CC1. The molecule has 0 aromatic rings. The molecule has 0 aromatic carbocycles. The molecule has 0 spiro atoms. The van der Waals surface area contributed by atoms with Crippen LogP contribution in [0.1, 0.15) is 26.7 Å². The first-order valence-electron chi connectivity index (χ1n) is 5.79. The molecule has 1 fully saturated rings. The third kappa shape index (κ3) is 2.94. The molecule has 0 radical (unpaired) electrons. The van der Waals surface area contributed by atoms with Crippen LogP contribution in [0.25, 0.3) is 0 Å². The number of rotatable bonds is 4. The molecule has 0 aliphatic carbocycles. The topological polar surface area (TPSA) is 26.7 Å². The highest BCUT2D eigenvalue weighted by atomic mass is 16.3. The van der Waals surface area contributed by atoms with E-state index in [0.29, 0.717) is 5.92 Å². The Morgan fingerprint density at radius 3 is 2.21 bits per heavy atom. The third-order valence-corrected chi connectivity index (χ3v) is 3.37. The molecule has 1 atom stereocenters. The highest BCUT2D eigenvalue weighted by Gasteiger charge is 2.26. The van der Waals surface area contributed by atoms with Crippen LogP contribution in [0.2, 0.25) is 0 Å². The molecular formula is C11H24N2O. The van der Waals surface area contributed by atoms with Gasteiger partial charge in [-0.15, -0.1) is 0 Å². The molecule has 1 saturated heterocycles. The number of aliphatic hydroxyl groups is 1. The average molecular weight is 200 g/mol. The summed E-state index contributed by atoms with van der Waals surface area (Å²) in [6.07, 6.45) is 2.04. The minimum absolute atomic E-state index is 0.223. The Morgan fingerprint density at radius 2 is 1.79 bits per heavy atom. The molecule has 1 rings (SSSR count). The molecule has 0 bridgehead atoms. The molecule has 0 saturated carbocycles. The second kappa shape index (κ2) is 5.69. The minimum Gasteiger partial charge on any atom is -0.378 e. The van der Waals surface area contributed by atoms with Crippen molar-refractivity contribution in [3.05, 3.63) is 0 Å².